The molecule has 0 atom stereocenters. The molecule has 0 aliphatic carbocycles. The Morgan fingerprint density at radius 2 is 2.42 bits per heavy atom. The van der Waals surface area contributed by atoms with Crippen LogP contribution in [-0.4, -0.2) is 31.9 Å². The van der Waals surface area contributed by atoms with Crippen LogP contribution < -0.4 is 5.32 Å². The van der Waals surface area contributed by atoms with Crippen molar-refractivity contribution in [1.82, 2.24) is 19.4 Å². The highest BCUT2D eigenvalue weighted by Gasteiger charge is 2.17. The van der Waals surface area contributed by atoms with E-state index in [4.69, 9.17) is 0 Å². The summed E-state index contributed by atoms with van der Waals surface area (Å²) in [6.45, 7) is 5.10. The predicted molar refractivity (Wildman–Crippen MR) is 72.8 cm³/mol. The number of nitrogens with zero attached hydrogens (tertiary/aromatic N) is 4. The summed E-state index contributed by atoms with van der Waals surface area (Å²) in [7, 11) is 0. The number of amides is 1. The number of aromatic nitrogens is 3. The second-order valence-corrected chi connectivity index (χ2v) is 5.43. The first kappa shape index (κ1) is 12.3. The largest absolute Gasteiger partial charge is 0.333 e. The van der Waals surface area contributed by atoms with E-state index in [0.717, 1.165) is 37.7 Å². The zero-order valence-electron chi connectivity index (χ0n) is 10.7. The Morgan fingerprint density at radius 3 is 3.26 bits per heavy atom. The number of imidazole rings is 1. The quantitative estimate of drug-likeness (QED) is 0.919. The molecule has 6 nitrogen and oxygen atoms in total. The van der Waals surface area contributed by atoms with Crippen molar-refractivity contribution in [2.75, 3.05) is 11.9 Å². The Bertz CT molecular complexity index is 590. The molecule has 19 heavy (non-hydrogen) atoms. The summed E-state index contributed by atoms with van der Waals surface area (Å²) in [5.74, 6) is 1.02. The number of hydrogen-bond donors (Lipinski definition) is 1. The minimum atomic E-state index is -0.0825. The van der Waals surface area contributed by atoms with Gasteiger partial charge in [0.25, 0.3) is 0 Å². The number of hydrogen-bond acceptors (Lipinski definition) is 5. The number of anilines is 1. The van der Waals surface area contributed by atoms with Crippen molar-refractivity contribution >= 4 is 22.4 Å². The zero-order chi connectivity index (χ0) is 13.2. The van der Waals surface area contributed by atoms with Gasteiger partial charge in [-0.3, -0.25) is 9.69 Å². The maximum atomic E-state index is 11.0. The molecule has 0 spiro atoms. The van der Waals surface area contributed by atoms with Crippen LogP contribution in [0.15, 0.2) is 17.8 Å². The molecule has 2 aromatic heterocycles. The van der Waals surface area contributed by atoms with Crippen LogP contribution in [0.3, 0.4) is 0 Å². The maximum absolute atomic E-state index is 11.0. The minimum absolute atomic E-state index is 0.0825. The Morgan fingerprint density at radius 1 is 1.53 bits per heavy atom. The fourth-order valence-corrected chi connectivity index (χ4v) is 2.92. The molecule has 1 amide bonds. The van der Waals surface area contributed by atoms with Crippen molar-refractivity contribution in [1.29, 1.82) is 0 Å². The van der Waals surface area contributed by atoms with E-state index in [1.54, 1.807) is 0 Å². The standard InChI is InChI=1S/C12H15N5OS/c1-9(18)14-12-15-10(8-19-12)6-16-4-5-17-3-2-13-11(17)7-16/h2-3,8H,4-7H2,1H3,(H,14,15,18). The van der Waals surface area contributed by atoms with E-state index in [2.05, 4.69) is 24.8 Å². The highest BCUT2D eigenvalue weighted by molar-refractivity contribution is 7.13. The van der Waals surface area contributed by atoms with Crippen molar-refractivity contribution in [2.24, 2.45) is 0 Å². The van der Waals surface area contributed by atoms with E-state index in [0.29, 0.717) is 5.13 Å². The van der Waals surface area contributed by atoms with Crippen LogP contribution in [0.5, 0.6) is 0 Å². The summed E-state index contributed by atoms with van der Waals surface area (Å²) in [5, 5.41) is 5.37. The molecule has 0 aromatic carbocycles. The molecular formula is C12H15N5OS. The van der Waals surface area contributed by atoms with E-state index in [1.165, 1.54) is 18.3 Å². The topological polar surface area (TPSA) is 63.1 Å². The molecule has 3 heterocycles. The van der Waals surface area contributed by atoms with Gasteiger partial charge in [0.1, 0.15) is 5.82 Å². The van der Waals surface area contributed by atoms with E-state index < -0.39 is 0 Å². The van der Waals surface area contributed by atoms with Crippen molar-refractivity contribution in [3.63, 3.8) is 0 Å². The molecule has 100 valence electrons. The molecule has 0 fully saturated rings. The first-order valence-electron chi connectivity index (χ1n) is 6.15. The number of carbonyl (C=O) groups is 1. The molecule has 0 bridgehead atoms. The summed E-state index contributed by atoms with van der Waals surface area (Å²) in [5.41, 5.74) is 0.994. The van der Waals surface area contributed by atoms with Gasteiger partial charge in [0.15, 0.2) is 5.13 Å². The lowest BCUT2D eigenvalue weighted by Crippen LogP contribution is -2.33. The van der Waals surface area contributed by atoms with Crippen molar-refractivity contribution in [3.8, 4) is 0 Å². The Balaban J connectivity index is 1.63. The smallest absolute Gasteiger partial charge is 0.223 e. The molecule has 2 aromatic rings. The van der Waals surface area contributed by atoms with E-state index in [-0.39, 0.29) is 5.91 Å². The van der Waals surface area contributed by atoms with Crippen molar-refractivity contribution in [3.05, 3.63) is 29.3 Å². The fourth-order valence-electron chi connectivity index (χ4n) is 2.18. The maximum Gasteiger partial charge on any atom is 0.223 e. The predicted octanol–water partition coefficient (Wildman–Crippen LogP) is 1.31. The van der Waals surface area contributed by atoms with Gasteiger partial charge < -0.3 is 9.88 Å². The van der Waals surface area contributed by atoms with Gasteiger partial charge in [-0.2, -0.15) is 0 Å². The van der Waals surface area contributed by atoms with Gasteiger partial charge in [0, 0.05) is 44.3 Å². The first-order chi connectivity index (χ1) is 9.20. The number of rotatable bonds is 3. The second-order valence-electron chi connectivity index (χ2n) is 4.57. The molecule has 0 saturated heterocycles. The van der Waals surface area contributed by atoms with Crippen LogP contribution in [-0.2, 0) is 24.4 Å². The molecule has 1 aliphatic heterocycles. The summed E-state index contributed by atoms with van der Waals surface area (Å²) in [4.78, 5) is 22.0. The Kier molecular flexibility index (Phi) is 3.31. The van der Waals surface area contributed by atoms with Gasteiger partial charge in [0.05, 0.1) is 12.2 Å². The monoisotopic (exact) mass is 277 g/mol. The second kappa shape index (κ2) is 5.10. The average Bonchev–Trinajstić information content (AvgIpc) is 2.97. The Labute approximate surface area is 115 Å². The average molecular weight is 277 g/mol. The lowest BCUT2D eigenvalue weighted by atomic mass is 10.3. The van der Waals surface area contributed by atoms with Gasteiger partial charge >= 0.3 is 0 Å². The van der Waals surface area contributed by atoms with Crippen LogP contribution in [0, 0.1) is 0 Å². The minimum Gasteiger partial charge on any atom is -0.333 e. The lowest BCUT2D eigenvalue weighted by molar-refractivity contribution is -0.114. The van der Waals surface area contributed by atoms with Gasteiger partial charge in [-0.05, 0) is 0 Å². The van der Waals surface area contributed by atoms with Crippen LogP contribution >= 0.6 is 11.3 Å². The lowest BCUT2D eigenvalue weighted by Gasteiger charge is -2.26. The summed E-state index contributed by atoms with van der Waals surface area (Å²) in [6, 6.07) is 0. The van der Waals surface area contributed by atoms with Crippen LogP contribution in [0.2, 0.25) is 0 Å². The normalized spacial score (nSPS) is 15.2. The molecule has 0 saturated carbocycles. The first-order valence-corrected chi connectivity index (χ1v) is 7.03. The fraction of sp³-hybridized carbons (Fsp3) is 0.417. The molecule has 0 radical (unpaired) electrons. The molecular weight excluding hydrogens is 262 g/mol. The molecule has 3 rings (SSSR count). The van der Waals surface area contributed by atoms with Gasteiger partial charge in [-0.25, -0.2) is 9.97 Å². The van der Waals surface area contributed by atoms with Gasteiger partial charge in [-0.1, -0.05) is 0 Å². The van der Waals surface area contributed by atoms with Crippen molar-refractivity contribution < 1.29 is 4.79 Å². The van der Waals surface area contributed by atoms with E-state index >= 15 is 0 Å². The molecule has 0 unspecified atom stereocenters. The van der Waals surface area contributed by atoms with E-state index in [9.17, 15) is 4.79 Å². The van der Waals surface area contributed by atoms with Gasteiger partial charge in [-0.15, -0.1) is 11.3 Å². The number of nitrogens with one attached hydrogen (secondary N) is 1. The van der Waals surface area contributed by atoms with Crippen LogP contribution in [0.4, 0.5) is 5.13 Å². The van der Waals surface area contributed by atoms with E-state index in [1.807, 2.05) is 17.8 Å². The SMILES string of the molecule is CC(=O)Nc1nc(CN2CCn3ccnc3C2)cs1. The number of fused-ring (bicyclic) bond motifs is 1. The molecule has 7 heteroatoms. The summed E-state index contributed by atoms with van der Waals surface area (Å²) >= 11 is 1.46. The zero-order valence-corrected chi connectivity index (χ0v) is 11.5. The molecule has 1 N–H and O–H groups in total. The third-order valence-corrected chi connectivity index (χ3v) is 3.85. The summed E-state index contributed by atoms with van der Waals surface area (Å²) in [6.07, 6.45) is 3.86. The number of thiazole rings is 1. The highest BCUT2D eigenvalue weighted by Crippen LogP contribution is 2.18. The third kappa shape index (κ3) is 2.82. The van der Waals surface area contributed by atoms with Gasteiger partial charge in [0.2, 0.25) is 5.91 Å². The van der Waals surface area contributed by atoms with Crippen LogP contribution in [0.1, 0.15) is 18.4 Å². The summed E-state index contributed by atoms with van der Waals surface area (Å²) < 4.78 is 2.18. The van der Waals surface area contributed by atoms with Crippen LogP contribution in [0.25, 0.3) is 0 Å². The molecule has 1 aliphatic rings. The highest BCUT2D eigenvalue weighted by atomic mass is 32.1. The number of carbonyl (C=O) groups excluding carboxylic acids is 1. The van der Waals surface area contributed by atoms with Crippen molar-refractivity contribution in [2.45, 2.75) is 26.6 Å². The Hall–Kier alpha value is -1.73. The third-order valence-electron chi connectivity index (χ3n) is 3.04.